The molecule has 0 fully saturated rings. The predicted molar refractivity (Wildman–Crippen MR) is 97.2 cm³/mol. The summed E-state index contributed by atoms with van der Waals surface area (Å²) in [6.45, 7) is 1.67. The second kappa shape index (κ2) is 8.37. The van der Waals surface area contributed by atoms with E-state index >= 15 is 0 Å². The lowest BCUT2D eigenvalue weighted by Crippen LogP contribution is -2.22. The lowest BCUT2D eigenvalue weighted by Gasteiger charge is -2.05. The van der Waals surface area contributed by atoms with Crippen molar-refractivity contribution < 1.29 is 9.59 Å². The molecule has 0 unspecified atom stereocenters. The molecule has 0 aliphatic heterocycles. The summed E-state index contributed by atoms with van der Waals surface area (Å²) < 4.78 is 1.09. The van der Waals surface area contributed by atoms with Crippen LogP contribution in [0.3, 0.4) is 0 Å². The summed E-state index contributed by atoms with van der Waals surface area (Å²) in [4.78, 5) is 27.6. The molecule has 2 aromatic rings. The molecular weight excluding hydrogens is 407 g/mol. The van der Waals surface area contributed by atoms with Gasteiger partial charge in [-0.25, -0.2) is 5.43 Å². The van der Waals surface area contributed by atoms with Crippen molar-refractivity contribution in [3.05, 3.63) is 57.9 Å². The van der Waals surface area contributed by atoms with Crippen molar-refractivity contribution in [1.82, 2.24) is 10.4 Å². The van der Waals surface area contributed by atoms with E-state index in [4.69, 9.17) is 0 Å². The monoisotopic (exact) mass is 422 g/mol. The Morgan fingerprint density at radius 3 is 2.57 bits per heavy atom. The van der Waals surface area contributed by atoms with Gasteiger partial charge in [0.15, 0.2) is 0 Å². The first-order chi connectivity index (χ1) is 11.0. The van der Waals surface area contributed by atoms with Gasteiger partial charge < -0.3 is 5.32 Å². The van der Waals surface area contributed by atoms with Crippen LogP contribution >= 0.6 is 22.6 Å². The number of nitrogens with zero attached hydrogens (tertiary/aromatic N) is 2. The van der Waals surface area contributed by atoms with E-state index in [9.17, 15) is 9.59 Å². The molecule has 23 heavy (non-hydrogen) atoms. The number of aromatic nitrogens is 1. The molecule has 2 N–H and O–H groups in total. The zero-order valence-electron chi connectivity index (χ0n) is 12.4. The van der Waals surface area contributed by atoms with Crippen molar-refractivity contribution in [3.8, 4) is 0 Å². The quantitative estimate of drug-likeness (QED) is 0.442. The van der Waals surface area contributed by atoms with Crippen molar-refractivity contribution in [3.63, 3.8) is 0 Å². The fourth-order valence-electron chi connectivity index (χ4n) is 1.71. The first-order valence-corrected chi connectivity index (χ1v) is 7.92. The van der Waals surface area contributed by atoms with Crippen molar-refractivity contribution in [2.75, 3.05) is 5.32 Å². The van der Waals surface area contributed by atoms with E-state index in [-0.39, 0.29) is 18.0 Å². The van der Waals surface area contributed by atoms with Crippen LogP contribution in [0.1, 0.15) is 23.8 Å². The van der Waals surface area contributed by atoms with Gasteiger partial charge in [0.25, 0.3) is 5.91 Å². The summed E-state index contributed by atoms with van der Waals surface area (Å²) in [7, 11) is 0. The van der Waals surface area contributed by atoms with Crippen LogP contribution in [0.4, 0.5) is 5.69 Å². The highest BCUT2D eigenvalue weighted by molar-refractivity contribution is 14.1. The molecule has 118 valence electrons. The Morgan fingerprint density at radius 2 is 1.91 bits per heavy atom. The zero-order chi connectivity index (χ0) is 16.7. The maximum atomic E-state index is 11.9. The van der Waals surface area contributed by atoms with Crippen LogP contribution in [0.25, 0.3) is 0 Å². The summed E-state index contributed by atoms with van der Waals surface area (Å²) in [6.07, 6.45) is 1.62. The van der Waals surface area contributed by atoms with Crippen molar-refractivity contribution in [2.45, 2.75) is 13.3 Å². The Balaban J connectivity index is 1.85. The van der Waals surface area contributed by atoms with Crippen LogP contribution < -0.4 is 10.7 Å². The summed E-state index contributed by atoms with van der Waals surface area (Å²) in [5.41, 5.74) is 3.87. The standard InChI is InChI=1S/C16H15IN4O2/c1-11(20-21-16(23)14-4-2-3-9-18-14)10-15(22)19-13-7-5-12(17)6-8-13/h2-9H,10H2,1H3,(H,19,22)(H,21,23)/b20-11+. The first-order valence-electron chi connectivity index (χ1n) is 6.84. The molecule has 7 heteroatoms. The van der Waals surface area contributed by atoms with Crippen LogP contribution in [0.15, 0.2) is 53.8 Å². The van der Waals surface area contributed by atoms with Gasteiger partial charge in [-0.1, -0.05) is 6.07 Å². The number of hydrazone groups is 1. The minimum absolute atomic E-state index is 0.0918. The Morgan fingerprint density at radius 1 is 1.17 bits per heavy atom. The zero-order valence-corrected chi connectivity index (χ0v) is 14.6. The van der Waals surface area contributed by atoms with Gasteiger partial charge in [0.2, 0.25) is 5.91 Å². The fourth-order valence-corrected chi connectivity index (χ4v) is 2.07. The fraction of sp³-hybridized carbons (Fsp3) is 0.125. The Labute approximate surface area is 147 Å². The van der Waals surface area contributed by atoms with Gasteiger partial charge >= 0.3 is 0 Å². The molecule has 0 atom stereocenters. The summed E-state index contributed by atoms with van der Waals surface area (Å²) >= 11 is 2.19. The number of amides is 2. The normalized spacial score (nSPS) is 11.0. The minimum Gasteiger partial charge on any atom is -0.326 e. The third-order valence-corrected chi connectivity index (χ3v) is 3.51. The molecule has 0 spiro atoms. The second-order valence-electron chi connectivity index (χ2n) is 4.73. The van der Waals surface area contributed by atoms with E-state index < -0.39 is 5.91 Å². The summed E-state index contributed by atoms with van der Waals surface area (Å²) in [6, 6.07) is 12.5. The molecule has 0 bridgehead atoms. The van der Waals surface area contributed by atoms with Gasteiger partial charge in [0.1, 0.15) is 5.69 Å². The molecule has 6 nitrogen and oxygen atoms in total. The van der Waals surface area contributed by atoms with E-state index in [2.05, 4.69) is 43.4 Å². The van der Waals surface area contributed by atoms with E-state index in [1.165, 1.54) is 6.20 Å². The molecule has 2 amide bonds. The molecule has 0 saturated heterocycles. The van der Waals surface area contributed by atoms with Crippen molar-refractivity contribution in [1.29, 1.82) is 0 Å². The minimum atomic E-state index is -0.414. The van der Waals surface area contributed by atoms with Crippen LogP contribution in [0.2, 0.25) is 0 Å². The molecule has 1 aromatic carbocycles. The SMILES string of the molecule is C/C(CC(=O)Nc1ccc(I)cc1)=N\NC(=O)c1ccccn1. The van der Waals surface area contributed by atoms with Crippen LogP contribution in [0, 0.1) is 3.57 Å². The summed E-state index contributed by atoms with van der Waals surface area (Å²) in [5.74, 6) is -0.609. The highest BCUT2D eigenvalue weighted by Gasteiger charge is 2.07. The topological polar surface area (TPSA) is 83.5 Å². The summed E-state index contributed by atoms with van der Waals surface area (Å²) in [5, 5.41) is 6.68. The molecule has 0 radical (unpaired) electrons. The van der Waals surface area contributed by atoms with Gasteiger partial charge in [-0.2, -0.15) is 5.10 Å². The Bertz CT molecular complexity index is 715. The number of benzene rings is 1. The lowest BCUT2D eigenvalue weighted by molar-refractivity contribution is -0.115. The third kappa shape index (κ3) is 5.78. The van der Waals surface area contributed by atoms with E-state index in [1.54, 1.807) is 25.1 Å². The number of halogens is 1. The maximum Gasteiger partial charge on any atom is 0.289 e. The average molecular weight is 422 g/mol. The third-order valence-electron chi connectivity index (χ3n) is 2.79. The number of anilines is 1. The Kier molecular flexibility index (Phi) is 6.21. The van der Waals surface area contributed by atoms with Crippen LogP contribution in [0.5, 0.6) is 0 Å². The van der Waals surface area contributed by atoms with Gasteiger partial charge in [-0.05, 0) is 65.9 Å². The number of carbonyl (C=O) groups excluding carboxylic acids is 2. The van der Waals surface area contributed by atoms with Crippen LogP contribution in [-0.4, -0.2) is 22.5 Å². The maximum absolute atomic E-state index is 11.9. The first kappa shape index (κ1) is 17.1. The molecule has 0 aliphatic carbocycles. The number of rotatable bonds is 5. The van der Waals surface area contributed by atoms with Crippen molar-refractivity contribution >= 4 is 45.8 Å². The van der Waals surface area contributed by atoms with Gasteiger partial charge in [-0.15, -0.1) is 0 Å². The largest absolute Gasteiger partial charge is 0.326 e. The van der Waals surface area contributed by atoms with Crippen LogP contribution in [-0.2, 0) is 4.79 Å². The molecule has 0 saturated carbocycles. The van der Waals surface area contributed by atoms with E-state index in [0.29, 0.717) is 5.71 Å². The molecular formula is C16H15IN4O2. The van der Waals surface area contributed by atoms with Gasteiger partial charge in [0, 0.05) is 21.2 Å². The van der Waals surface area contributed by atoms with E-state index in [1.807, 2.05) is 24.3 Å². The average Bonchev–Trinajstić information content (AvgIpc) is 2.55. The number of hydrogen-bond acceptors (Lipinski definition) is 4. The lowest BCUT2D eigenvalue weighted by atomic mass is 10.2. The second-order valence-corrected chi connectivity index (χ2v) is 5.98. The highest BCUT2D eigenvalue weighted by atomic mass is 127. The van der Waals surface area contributed by atoms with Crippen molar-refractivity contribution in [2.24, 2.45) is 5.10 Å². The number of hydrogen-bond donors (Lipinski definition) is 2. The number of carbonyl (C=O) groups is 2. The smallest absolute Gasteiger partial charge is 0.289 e. The van der Waals surface area contributed by atoms with Gasteiger partial charge in [-0.3, -0.25) is 14.6 Å². The Hall–Kier alpha value is -2.29. The van der Waals surface area contributed by atoms with E-state index in [0.717, 1.165) is 9.26 Å². The predicted octanol–water partition coefficient (Wildman–Crippen LogP) is 2.82. The molecule has 0 aliphatic rings. The molecule has 1 heterocycles. The highest BCUT2D eigenvalue weighted by Crippen LogP contribution is 2.11. The van der Waals surface area contributed by atoms with Gasteiger partial charge in [0.05, 0.1) is 6.42 Å². The molecule has 2 rings (SSSR count). The molecule has 1 aromatic heterocycles. The number of pyridine rings is 1. The number of nitrogens with one attached hydrogen (secondary N) is 2.